The first-order chi connectivity index (χ1) is 8.82. The van der Waals surface area contributed by atoms with Crippen molar-refractivity contribution in [2.75, 3.05) is 13.1 Å². The molecule has 6 nitrogen and oxygen atoms in total. The van der Waals surface area contributed by atoms with E-state index in [9.17, 15) is 9.59 Å². The van der Waals surface area contributed by atoms with Gasteiger partial charge in [0, 0.05) is 13.1 Å². The Morgan fingerprint density at radius 3 is 2.42 bits per heavy atom. The Balaban J connectivity index is 2.90. The van der Waals surface area contributed by atoms with Crippen molar-refractivity contribution in [1.82, 2.24) is 10.1 Å². The van der Waals surface area contributed by atoms with Crippen molar-refractivity contribution >= 4 is 11.9 Å². The molecule has 1 rings (SSSR count). The van der Waals surface area contributed by atoms with Crippen LogP contribution in [0, 0.1) is 19.8 Å². The van der Waals surface area contributed by atoms with Crippen LogP contribution in [-0.2, 0) is 4.79 Å². The maximum absolute atomic E-state index is 12.4. The number of nitrogens with zero attached hydrogens (tertiary/aromatic N) is 2. The molecule has 0 radical (unpaired) electrons. The van der Waals surface area contributed by atoms with E-state index >= 15 is 0 Å². The molecular formula is C13H20N2O4. The van der Waals surface area contributed by atoms with Crippen molar-refractivity contribution in [3.8, 4) is 0 Å². The van der Waals surface area contributed by atoms with Crippen molar-refractivity contribution in [2.45, 2.75) is 34.1 Å². The first-order valence-electron chi connectivity index (χ1n) is 6.26. The summed E-state index contributed by atoms with van der Waals surface area (Å²) in [5.41, 5.74) is 0.970. The molecule has 106 valence electrons. The zero-order valence-corrected chi connectivity index (χ0v) is 11.8. The molecule has 1 aromatic rings. The fourth-order valence-electron chi connectivity index (χ4n) is 1.89. The molecule has 0 spiro atoms. The van der Waals surface area contributed by atoms with Crippen LogP contribution < -0.4 is 0 Å². The number of carbonyl (C=O) groups is 2. The molecule has 0 aliphatic rings. The number of aliphatic carboxylic acids is 1. The van der Waals surface area contributed by atoms with E-state index in [1.165, 1.54) is 0 Å². The van der Waals surface area contributed by atoms with Crippen molar-refractivity contribution in [1.29, 1.82) is 0 Å². The Bertz CT molecular complexity index is 446. The molecule has 6 heteroatoms. The molecule has 0 fully saturated rings. The number of carboxylic acids is 1. The molecule has 1 amide bonds. The molecule has 0 saturated heterocycles. The number of carbonyl (C=O) groups excluding carboxylic acids is 1. The fourth-order valence-corrected chi connectivity index (χ4v) is 1.89. The van der Waals surface area contributed by atoms with Gasteiger partial charge in [-0.2, -0.15) is 0 Å². The lowest BCUT2D eigenvalue weighted by Gasteiger charge is -2.23. The van der Waals surface area contributed by atoms with Crippen LogP contribution in [0.25, 0.3) is 0 Å². The Labute approximate surface area is 112 Å². The van der Waals surface area contributed by atoms with Crippen molar-refractivity contribution in [3.05, 3.63) is 17.0 Å². The zero-order chi connectivity index (χ0) is 14.6. The van der Waals surface area contributed by atoms with Crippen LogP contribution in [0.5, 0.6) is 0 Å². The monoisotopic (exact) mass is 268 g/mol. The minimum Gasteiger partial charge on any atom is -0.481 e. The third-order valence-electron chi connectivity index (χ3n) is 2.72. The third kappa shape index (κ3) is 4.08. The molecule has 0 atom stereocenters. The summed E-state index contributed by atoms with van der Waals surface area (Å²) in [6.45, 7) is 8.04. The second kappa shape index (κ2) is 6.36. The summed E-state index contributed by atoms with van der Waals surface area (Å²) in [4.78, 5) is 24.6. The van der Waals surface area contributed by atoms with E-state index < -0.39 is 5.97 Å². The minimum atomic E-state index is -0.916. The highest BCUT2D eigenvalue weighted by Crippen LogP contribution is 2.16. The summed E-state index contributed by atoms with van der Waals surface area (Å²) < 4.78 is 4.98. The number of hydrogen-bond acceptors (Lipinski definition) is 4. The summed E-state index contributed by atoms with van der Waals surface area (Å²) in [5, 5.41) is 12.5. The van der Waals surface area contributed by atoms with Gasteiger partial charge in [0.05, 0.1) is 12.1 Å². The number of aromatic nitrogens is 1. The lowest BCUT2D eigenvalue weighted by Crippen LogP contribution is -2.36. The van der Waals surface area contributed by atoms with Gasteiger partial charge in [0.2, 0.25) is 0 Å². The molecule has 1 N–H and O–H groups in total. The van der Waals surface area contributed by atoms with E-state index in [0.29, 0.717) is 23.6 Å². The second-order valence-corrected chi connectivity index (χ2v) is 4.99. The van der Waals surface area contributed by atoms with E-state index in [1.54, 1.807) is 18.7 Å². The van der Waals surface area contributed by atoms with E-state index in [-0.39, 0.29) is 24.8 Å². The van der Waals surface area contributed by atoms with Gasteiger partial charge in [-0.3, -0.25) is 9.59 Å². The van der Waals surface area contributed by atoms with Gasteiger partial charge in [-0.25, -0.2) is 0 Å². The maximum Gasteiger partial charge on any atom is 0.305 e. The van der Waals surface area contributed by atoms with E-state index in [1.807, 2.05) is 13.8 Å². The first kappa shape index (κ1) is 15.2. The normalized spacial score (nSPS) is 10.8. The molecule has 19 heavy (non-hydrogen) atoms. The SMILES string of the molecule is Cc1noc(C)c1C(=O)N(CCC(=O)O)CC(C)C. The molecule has 0 aliphatic carbocycles. The van der Waals surface area contributed by atoms with Gasteiger partial charge in [-0.05, 0) is 19.8 Å². The van der Waals surface area contributed by atoms with Crippen LogP contribution in [0.15, 0.2) is 4.52 Å². The lowest BCUT2D eigenvalue weighted by atomic mass is 10.1. The van der Waals surface area contributed by atoms with Crippen LogP contribution in [0.2, 0.25) is 0 Å². The Morgan fingerprint density at radius 1 is 1.37 bits per heavy atom. The van der Waals surface area contributed by atoms with Crippen LogP contribution in [-0.4, -0.2) is 40.1 Å². The summed E-state index contributed by atoms with van der Waals surface area (Å²) in [6.07, 6.45) is -0.0676. The van der Waals surface area contributed by atoms with Gasteiger partial charge in [0.25, 0.3) is 5.91 Å². The quantitative estimate of drug-likeness (QED) is 0.851. The highest BCUT2D eigenvalue weighted by atomic mass is 16.5. The predicted molar refractivity (Wildman–Crippen MR) is 69.0 cm³/mol. The van der Waals surface area contributed by atoms with Crippen molar-refractivity contribution < 1.29 is 19.2 Å². The average molecular weight is 268 g/mol. The summed E-state index contributed by atoms with van der Waals surface area (Å²) >= 11 is 0. The summed E-state index contributed by atoms with van der Waals surface area (Å²) in [5.74, 6) is -0.406. The largest absolute Gasteiger partial charge is 0.481 e. The van der Waals surface area contributed by atoms with E-state index in [4.69, 9.17) is 9.63 Å². The zero-order valence-electron chi connectivity index (χ0n) is 11.8. The van der Waals surface area contributed by atoms with Crippen LogP contribution in [0.4, 0.5) is 0 Å². The molecular weight excluding hydrogens is 248 g/mol. The van der Waals surface area contributed by atoms with Crippen LogP contribution >= 0.6 is 0 Å². The van der Waals surface area contributed by atoms with Gasteiger partial charge >= 0.3 is 5.97 Å². The molecule has 0 saturated carbocycles. The average Bonchev–Trinajstić information content (AvgIpc) is 2.63. The number of hydrogen-bond donors (Lipinski definition) is 1. The number of amides is 1. The number of aryl methyl sites for hydroxylation is 2. The number of carboxylic acid groups (broad SMARTS) is 1. The molecule has 0 aromatic carbocycles. The Hall–Kier alpha value is -1.85. The van der Waals surface area contributed by atoms with Gasteiger partial charge in [0.1, 0.15) is 11.3 Å². The van der Waals surface area contributed by atoms with Crippen LogP contribution in [0.3, 0.4) is 0 Å². The molecule has 1 aromatic heterocycles. The van der Waals surface area contributed by atoms with E-state index in [2.05, 4.69) is 5.16 Å². The molecule has 0 bridgehead atoms. The Kier molecular flexibility index (Phi) is 5.09. The maximum atomic E-state index is 12.4. The molecule has 0 unspecified atom stereocenters. The standard InChI is InChI=1S/C13H20N2O4/c1-8(2)7-15(6-5-11(16)17)13(18)12-9(3)14-19-10(12)4/h8H,5-7H2,1-4H3,(H,16,17). The second-order valence-electron chi connectivity index (χ2n) is 4.99. The van der Waals surface area contributed by atoms with Gasteiger partial charge in [0.15, 0.2) is 0 Å². The van der Waals surface area contributed by atoms with Crippen LogP contribution in [0.1, 0.15) is 42.1 Å². The lowest BCUT2D eigenvalue weighted by molar-refractivity contribution is -0.137. The fraction of sp³-hybridized carbons (Fsp3) is 0.615. The first-order valence-corrected chi connectivity index (χ1v) is 6.26. The van der Waals surface area contributed by atoms with Crippen molar-refractivity contribution in [2.24, 2.45) is 5.92 Å². The Morgan fingerprint density at radius 2 is 2.00 bits per heavy atom. The number of rotatable bonds is 6. The van der Waals surface area contributed by atoms with Gasteiger partial charge < -0.3 is 14.5 Å². The van der Waals surface area contributed by atoms with E-state index in [0.717, 1.165) is 0 Å². The highest BCUT2D eigenvalue weighted by Gasteiger charge is 2.24. The molecule has 1 heterocycles. The molecule has 0 aliphatic heterocycles. The summed E-state index contributed by atoms with van der Waals surface area (Å²) in [7, 11) is 0. The van der Waals surface area contributed by atoms with Crippen molar-refractivity contribution in [3.63, 3.8) is 0 Å². The predicted octanol–water partition coefficient (Wildman–Crippen LogP) is 1.86. The summed E-state index contributed by atoms with van der Waals surface area (Å²) in [6, 6.07) is 0. The topological polar surface area (TPSA) is 83.6 Å². The minimum absolute atomic E-state index is 0.0676. The highest BCUT2D eigenvalue weighted by molar-refractivity contribution is 5.96. The third-order valence-corrected chi connectivity index (χ3v) is 2.72. The van der Waals surface area contributed by atoms with Gasteiger partial charge in [-0.15, -0.1) is 0 Å². The van der Waals surface area contributed by atoms with Gasteiger partial charge in [-0.1, -0.05) is 19.0 Å². The smallest absolute Gasteiger partial charge is 0.305 e.